The van der Waals surface area contributed by atoms with Gasteiger partial charge in [0.2, 0.25) is 0 Å². The molecule has 3 heteroatoms. The van der Waals surface area contributed by atoms with Gasteiger partial charge in [0.25, 0.3) is 0 Å². The number of halogens is 1. The van der Waals surface area contributed by atoms with Gasteiger partial charge in [-0.15, -0.1) is 0 Å². The summed E-state index contributed by atoms with van der Waals surface area (Å²) >= 11 is 3.52. The van der Waals surface area contributed by atoms with Gasteiger partial charge >= 0.3 is 0 Å². The Hall–Kier alpha value is -1.06. The van der Waals surface area contributed by atoms with E-state index in [0.717, 1.165) is 16.7 Å². The summed E-state index contributed by atoms with van der Waals surface area (Å²) in [5.74, 6) is 1.02. The Morgan fingerprint density at radius 2 is 2.06 bits per heavy atom. The van der Waals surface area contributed by atoms with Gasteiger partial charge in [0.05, 0.1) is 10.5 Å². The zero-order valence-electron chi connectivity index (χ0n) is 8.69. The molecule has 0 spiro atoms. The highest BCUT2D eigenvalue weighted by Gasteiger charge is 2.33. The van der Waals surface area contributed by atoms with Gasteiger partial charge < -0.3 is 4.74 Å². The van der Waals surface area contributed by atoms with E-state index in [4.69, 9.17) is 4.74 Å². The molecule has 2 nitrogen and oxygen atoms in total. The lowest BCUT2D eigenvalue weighted by Gasteiger charge is -2.11. The summed E-state index contributed by atoms with van der Waals surface area (Å²) in [6.45, 7) is 0. The number of rotatable bonds is 1. The van der Waals surface area contributed by atoms with Crippen molar-refractivity contribution in [3.63, 3.8) is 0 Å². The zero-order valence-corrected chi connectivity index (χ0v) is 10.3. The van der Waals surface area contributed by atoms with Crippen LogP contribution >= 0.6 is 15.9 Å². The highest BCUT2D eigenvalue weighted by Crippen LogP contribution is 2.35. The number of benzene rings is 1. The van der Waals surface area contributed by atoms with E-state index in [1.54, 1.807) is 0 Å². The Bertz CT molecular complexity index is 452. The zero-order chi connectivity index (χ0) is 11.0. The lowest BCUT2D eigenvalue weighted by Crippen LogP contribution is -2.25. The fourth-order valence-electron chi connectivity index (χ4n) is 2.08. The number of allylic oxidation sites excluding steroid dienone is 2. The van der Waals surface area contributed by atoms with E-state index in [0.29, 0.717) is 6.04 Å². The van der Waals surface area contributed by atoms with Crippen molar-refractivity contribution in [3.05, 3.63) is 58.3 Å². The SMILES string of the molecule is BrC1=C2OC(c3ccccc3)NC2CC=C1. The van der Waals surface area contributed by atoms with E-state index in [9.17, 15) is 0 Å². The molecule has 1 N–H and O–H groups in total. The summed E-state index contributed by atoms with van der Waals surface area (Å²) in [4.78, 5) is 0. The van der Waals surface area contributed by atoms with Crippen LogP contribution < -0.4 is 5.32 Å². The van der Waals surface area contributed by atoms with Crippen molar-refractivity contribution < 1.29 is 4.74 Å². The number of hydrogen-bond acceptors (Lipinski definition) is 2. The number of hydrogen-bond donors (Lipinski definition) is 1. The summed E-state index contributed by atoms with van der Waals surface area (Å²) in [7, 11) is 0. The van der Waals surface area contributed by atoms with E-state index in [2.05, 4.69) is 45.5 Å². The third kappa shape index (κ3) is 1.70. The molecule has 1 aromatic rings. The molecular weight excluding hydrogens is 266 g/mol. The lowest BCUT2D eigenvalue weighted by atomic mass is 10.1. The third-order valence-corrected chi connectivity index (χ3v) is 3.54. The fourth-order valence-corrected chi connectivity index (χ4v) is 2.64. The monoisotopic (exact) mass is 277 g/mol. The second-order valence-corrected chi connectivity index (χ2v) is 4.83. The molecule has 1 aliphatic heterocycles. The summed E-state index contributed by atoms with van der Waals surface area (Å²) in [5.41, 5.74) is 1.17. The molecule has 1 aliphatic carbocycles. The average molecular weight is 278 g/mol. The lowest BCUT2D eigenvalue weighted by molar-refractivity contribution is 0.147. The van der Waals surface area contributed by atoms with Crippen LogP contribution in [0.15, 0.2) is 52.7 Å². The van der Waals surface area contributed by atoms with Crippen LogP contribution in [0.25, 0.3) is 0 Å². The van der Waals surface area contributed by atoms with Crippen molar-refractivity contribution in [1.82, 2.24) is 5.32 Å². The molecule has 0 amide bonds. The van der Waals surface area contributed by atoms with Gasteiger partial charge in [-0.2, -0.15) is 0 Å². The Morgan fingerprint density at radius 3 is 2.81 bits per heavy atom. The van der Waals surface area contributed by atoms with Crippen molar-refractivity contribution >= 4 is 15.9 Å². The first-order valence-corrected chi connectivity index (χ1v) is 6.18. The maximum Gasteiger partial charge on any atom is 0.176 e. The topological polar surface area (TPSA) is 21.3 Å². The van der Waals surface area contributed by atoms with Crippen molar-refractivity contribution in [1.29, 1.82) is 0 Å². The quantitative estimate of drug-likeness (QED) is 0.851. The summed E-state index contributed by atoms with van der Waals surface area (Å²) < 4.78 is 6.98. The fraction of sp³-hybridized carbons (Fsp3) is 0.231. The molecule has 1 fully saturated rings. The van der Waals surface area contributed by atoms with Gasteiger partial charge in [-0.25, -0.2) is 0 Å². The smallest absolute Gasteiger partial charge is 0.176 e. The largest absolute Gasteiger partial charge is 0.473 e. The molecular formula is C13H12BrNO. The normalized spacial score (nSPS) is 27.8. The molecule has 1 saturated heterocycles. The minimum Gasteiger partial charge on any atom is -0.473 e. The molecule has 0 bridgehead atoms. The van der Waals surface area contributed by atoms with Gasteiger partial charge in [-0.1, -0.05) is 36.4 Å². The molecule has 1 heterocycles. The first-order chi connectivity index (χ1) is 7.84. The van der Waals surface area contributed by atoms with Crippen molar-refractivity contribution in [2.45, 2.75) is 18.7 Å². The molecule has 3 rings (SSSR count). The molecule has 2 aliphatic rings. The molecule has 2 unspecified atom stereocenters. The molecule has 0 aromatic heterocycles. The summed E-state index contributed by atoms with van der Waals surface area (Å²) in [6, 6.07) is 10.5. The van der Waals surface area contributed by atoms with Crippen LogP contribution in [0.4, 0.5) is 0 Å². The van der Waals surface area contributed by atoms with Crippen LogP contribution in [0.3, 0.4) is 0 Å². The first-order valence-electron chi connectivity index (χ1n) is 5.38. The molecule has 2 atom stereocenters. The highest BCUT2D eigenvalue weighted by molar-refractivity contribution is 9.11. The Morgan fingerprint density at radius 1 is 1.25 bits per heavy atom. The van der Waals surface area contributed by atoms with Gasteiger partial charge in [-0.05, 0) is 28.4 Å². The summed E-state index contributed by atoms with van der Waals surface area (Å²) in [5, 5.41) is 3.48. The molecule has 82 valence electrons. The average Bonchev–Trinajstić information content (AvgIpc) is 2.76. The van der Waals surface area contributed by atoms with Gasteiger partial charge in [0.15, 0.2) is 6.23 Å². The predicted octanol–water partition coefficient (Wildman–Crippen LogP) is 3.24. The van der Waals surface area contributed by atoms with Gasteiger partial charge in [0, 0.05) is 5.56 Å². The van der Waals surface area contributed by atoms with Crippen molar-refractivity contribution in [2.75, 3.05) is 0 Å². The first kappa shape index (κ1) is 10.1. The second-order valence-electron chi connectivity index (χ2n) is 3.98. The van der Waals surface area contributed by atoms with Crippen molar-refractivity contribution in [2.24, 2.45) is 0 Å². The maximum absolute atomic E-state index is 5.93. The molecule has 1 aromatic carbocycles. The third-order valence-electron chi connectivity index (χ3n) is 2.89. The Kier molecular flexibility index (Phi) is 2.58. The van der Waals surface area contributed by atoms with Gasteiger partial charge in [-0.3, -0.25) is 5.32 Å². The van der Waals surface area contributed by atoms with E-state index >= 15 is 0 Å². The van der Waals surface area contributed by atoms with Crippen LogP contribution in [0.5, 0.6) is 0 Å². The number of nitrogens with one attached hydrogen (secondary N) is 1. The Labute approximate surface area is 103 Å². The highest BCUT2D eigenvalue weighted by atomic mass is 79.9. The minimum absolute atomic E-state index is 0.0198. The van der Waals surface area contributed by atoms with Crippen LogP contribution in [-0.2, 0) is 4.74 Å². The minimum atomic E-state index is -0.0198. The standard InChI is InChI=1S/C13H12BrNO/c14-10-7-4-8-11-12(10)16-13(15-11)9-5-2-1-3-6-9/h1-7,11,13,15H,8H2. The van der Waals surface area contributed by atoms with Crippen molar-refractivity contribution in [3.8, 4) is 0 Å². The van der Waals surface area contributed by atoms with Crippen LogP contribution in [0.2, 0.25) is 0 Å². The predicted molar refractivity (Wildman–Crippen MR) is 66.9 cm³/mol. The molecule has 16 heavy (non-hydrogen) atoms. The number of fused-ring (bicyclic) bond motifs is 1. The maximum atomic E-state index is 5.93. The van der Waals surface area contributed by atoms with Crippen LogP contribution in [-0.4, -0.2) is 6.04 Å². The van der Waals surface area contributed by atoms with Crippen LogP contribution in [0.1, 0.15) is 18.2 Å². The second kappa shape index (κ2) is 4.07. The number of ether oxygens (including phenoxy) is 1. The van der Waals surface area contributed by atoms with E-state index < -0.39 is 0 Å². The van der Waals surface area contributed by atoms with Gasteiger partial charge in [0.1, 0.15) is 5.76 Å². The van der Waals surface area contributed by atoms with E-state index in [-0.39, 0.29) is 6.23 Å². The molecule has 0 saturated carbocycles. The van der Waals surface area contributed by atoms with E-state index in [1.165, 1.54) is 5.56 Å². The summed E-state index contributed by atoms with van der Waals surface area (Å²) in [6.07, 6.45) is 5.19. The Balaban J connectivity index is 1.87. The van der Waals surface area contributed by atoms with Crippen LogP contribution in [0, 0.1) is 0 Å². The van der Waals surface area contributed by atoms with E-state index in [1.807, 2.05) is 18.2 Å². The molecule has 0 radical (unpaired) electrons.